The molecule has 0 aliphatic heterocycles. The number of aromatic nitrogens is 1. The number of carbonyl (C=O) groups is 2. The van der Waals surface area contributed by atoms with E-state index in [9.17, 15) is 9.59 Å². The Bertz CT molecular complexity index is 619. The molecule has 5 nitrogen and oxygen atoms in total. The molecule has 1 heterocycles. The van der Waals surface area contributed by atoms with Crippen LogP contribution >= 0.6 is 11.3 Å². The van der Waals surface area contributed by atoms with E-state index in [1.807, 2.05) is 6.92 Å². The molecule has 0 atom stereocenters. The number of anilines is 1. The van der Waals surface area contributed by atoms with Crippen molar-refractivity contribution in [2.75, 3.05) is 11.9 Å². The Kier molecular flexibility index (Phi) is 4.11. The molecule has 2 N–H and O–H groups in total. The maximum Gasteiger partial charge on any atom is 0.315 e. The summed E-state index contributed by atoms with van der Waals surface area (Å²) in [5, 5.41) is 7.91. The van der Waals surface area contributed by atoms with Gasteiger partial charge in [0.1, 0.15) is 0 Å². The maximum absolute atomic E-state index is 11.9. The number of hydrogen-bond donors (Lipinski definition) is 2. The minimum Gasteiger partial charge on any atom is -0.348 e. The normalized spacial score (nSPS) is 33.5. The molecule has 0 aromatic carbocycles. The van der Waals surface area contributed by atoms with Gasteiger partial charge in [-0.1, -0.05) is 6.92 Å². The van der Waals surface area contributed by atoms with Crippen LogP contribution in [0.1, 0.15) is 57.6 Å². The van der Waals surface area contributed by atoms with Gasteiger partial charge in [-0.05, 0) is 62.7 Å². The third-order valence-corrected chi connectivity index (χ3v) is 6.81. The van der Waals surface area contributed by atoms with Crippen LogP contribution in [0.2, 0.25) is 0 Å². The average Bonchev–Trinajstić information content (AvgIpc) is 3.00. The minimum absolute atomic E-state index is 0.235. The second-order valence-electron chi connectivity index (χ2n) is 7.95. The van der Waals surface area contributed by atoms with Crippen LogP contribution in [-0.4, -0.2) is 23.3 Å². The zero-order valence-corrected chi connectivity index (χ0v) is 15.0. The predicted molar refractivity (Wildman–Crippen MR) is 93.9 cm³/mol. The number of amides is 2. The number of nitrogens with zero attached hydrogens (tertiary/aromatic N) is 1. The van der Waals surface area contributed by atoms with Crippen LogP contribution in [0.4, 0.5) is 5.13 Å². The number of hydrogen-bond acceptors (Lipinski definition) is 4. The molecule has 5 rings (SSSR count). The van der Waals surface area contributed by atoms with Crippen molar-refractivity contribution in [1.29, 1.82) is 0 Å². The van der Waals surface area contributed by atoms with E-state index in [0.717, 1.165) is 29.9 Å². The quantitative estimate of drug-likeness (QED) is 0.822. The Morgan fingerprint density at radius 1 is 1.17 bits per heavy atom. The van der Waals surface area contributed by atoms with E-state index >= 15 is 0 Å². The molecule has 6 heteroatoms. The largest absolute Gasteiger partial charge is 0.348 e. The van der Waals surface area contributed by atoms with Gasteiger partial charge in [0.25, 0.3) is 0 Å². The van der Waals surface area contributed by atoms with Crippen LogP contribution in [0.3, 0.4) is 0 Å². The summed E-state index contributed by atoms with van der Waals surface area (Å²) in [7, 11) is 0. The Hall–Kier alpha value is -1.43. The van der Waals surface area contributed by atoms with E-state index in [2.05, 4.69) is 16.0 Å². The summed E-state index contributed by atoms with van der Waals surface area (Å²) in [5.41, 5.74) is 1.38. The molecule has 4 aliphatic carbocycles. The van der Waals surface area contributed by atoms with Gasteiger partial charge in [0.15, 0.2) is 5.13 Å². The minimum atomic E-state index is -0.616. The zero-order chi connectivity index (χ0) is 16.7. The van der Waals surface area contributed by atoms with Gasteiger partial charge in [-0.15, -0.1) is 11.3 Å². The van der Waals surface area contributed by atoms with E-state index in [4.69, 9.17) is 4.98 Å². The van der Waals surface area contributed by atoms with Crippen molar-refractivity contribution in [2.24, 2.45) is 17.8 Å². The molecule has 4 saturated carbocycles. The summed E-state index contributed by atoms with van der Waals surface area (Å²) in [5.74, 6) is 1.42. The Morgan fingerprint density at radius 3 is 2.38 bits per heavy atom. The summed E-state index contributed by atoms with van der Waals surface area (Å²) >= 11 is 1.45. The van der Waals surface area contributed by atoms with Gasteiger partial charge in [-0.25, -0.2) is 4.98 Å². The number of carbonyl (C=O) groups excluding carboxylic acids is 2. The molecule has 0 unspecified atom stereocenters. The fourth-order valence-corrected chi connectivity index (χ4v) is 6.30. The highest BCUT2D eigenvalue weighted by Crippen LogP contribution is 2.60. The molecule has 4 bridgehead atoms. The second kappa shape index (κ2) is 6.14. The van der Waals surface area contributed by atoms with Crippen LogP contribution in [0.15, 0.2) is 5.38 Å². The SMILES string of the molecule is CCCNC(=O)C(=O)Nc1nc(C23CC4CC(CC(C4)C2)C3)cs1. The molecule has 0 spiro atoms. The molecule has 0 saturated heterocycles. The first-order chi connectivity index (χ1) is 11.6. The summed E-state index contributed by atoms with van der Waals surface area (Å²) in [6, 6.07) is 0. The van der Waals surface area contributed by atoms with E-state index < -0.39 is 11.8 Å². The molecule has 4 fully saturated rings. The first kappa shape index (κ1) is 16.1. The molecular weight excluding hydrogens is 322 g/mol. The average molecular weight is 347 g/mol. The third-order valence-electron chi connectivity index (χ3n) is 6.05. The highest BCUT2D eigenvalue weighted by molar-refractivity contribution is 7.14. The van der Waals surface area contributed by atoms with E-state index in [0.29, 0.717) is 11.7 Å². The van der Waals surface area contributed by atoms with Crippen molar-refractivity contribution in [3.05, 3.63) is 11.1 Å². The molecular formula is C18H25N3O2S. The molecule has 24 heavy (non-hydrogen) atoms. The maximum atomic E-state index is 11.9. The van der Waals surface area contributed by atoms with E-state index in [1.165, 1.54) is 49.9 Å². The fourth-order valence-electron chi connectivity index (χ4n) is 5.47. The Balaban J connectivity index is 1.45. The number of rotatable bonds is 4. The van der Waals surface area contributed by atoms with Gasteiger partial charge in [0, 0.05) is 17.3 Å². The monoisotopic (exact) mass is 347 g/mol. The van der Waals surface area contributed by atoms with Crippen molar-refractivity contribution in [3.63, 3.8) is 0 Å². The molecule has 4 aliphatic rings. The van der Waals surface area contributed by atoms with Crippen molar-refractivity contribution in [1.82, 2.24) is 10.3 Å². The lowest BCUT2D eigenvalue weighted by molar-refractivity contribution is -0.136. The fraction of sp³-hybridized carbons (Fsp3) is 0.722. The van der Waals surface area contributed by atoms with Crippen molar-refractivity contribution >= 4 is 28.3 Å². The predicted octanol–water partition coefficient (Wildman–Crippen LogP) is 3.08. The number of nitrogens with one attached hydrogen (secondary N) is 2. The molecule has 130 valence electrons. The highest BCUT2D eigenvalue weighted by Gasteiger charge is 2.52. The summed E-state index contributed by atoms with van der Waals surface area (Å²) in [6.07, 6.45) is 8.81. The van der Waals surface area contributed by atoms with E-state index in [-0.39, 0.29) is 5.41 Å². The van der Waals surface area contributed by atoms with Gasteiger partial charge in [0.2, 0.25) is 0 Å². The lowest BCUT2D eigenvalue weighted by atomic mass is 9.49. The van der Waals surface area contributed by atoms with Crippen LogP contribution in [0.25, 0.3) is 0 Å². The van der Waals surface area contributed by atoms with Crippen LogP contribution in [0.5, 0.6) is 0 Å². The molecule has 2 amide bonds. The first-order valence-electron chi connectivity index (χ1n) is 9.13. The Labute approximate surface area is 146 Å². The lowest BCUT2D eigenvalue weighted by Crippen LogP contribution is -2.48. The highest BCUT2D eigenvalue weighted by atomic mass is 32.1. The number of thiazole rings is 1. The lowest BCUT2D eigenvalue weighted by Gasteiger charge is -2.56. The van der Waals surface area contributed by atoms with Crippen molar-refractivity contribution < 1.29 is 9.59 Å². The summed E-state index contributed by atoms with van der Waals surface area (Å²) in [6.45, 7) is 2.47. The van der Waals surface area contributed by atoms with Crippen LogP contribution < -0.4 is 10.6 Å². The van der Waals surface area contributed by atoms with Crippen molar-refractivity contribution in [3.8, 4) is 0 Å². The zero-order valence-electron chi connectivity index (χ0n) is 14.1. The molecule has 0 radical (unpaired) electrons. The van der Waals surface area contributed by atoms with Gasteiger partial charge < -0.3 is 5.32 Å². The van der Waals surface area contributed by atoms with Gasteiger partial charge >= 0.3 is 11.8 Å². The summed E-state index contributed by atoms with van der Waals surface area (Å²) < 4.78 is 0. The second-order valence-corrected chi connectivity index (χ2v) is 8.80. The molecule has 1 aromatic heterocycles. The van der Waals surface area contributed by atoms with Gasteiger partial charge in [-0.2, -0.15) is 0 Å². The van der Waals surface area contributed by atoms with Crippen LogP contribution in [-0.2, 0) is 15.0 Å². The summed E-state index contributed by atoms with van der Waals surface area (Å²) in [4.78, 5) is 28.3. The van der Waals surface area contributed by atoms with Gasteiger partial charge in [-0.3, -0.25) is 14.9 Å². The molecule has 1 aromatic rings. The Morgan fingerprint density at radius 2 is 1.79 bits per heavy atom. The van der Waals surface area contributed by atoms with Crippen molar-refractivity contribution in [2.45, 2.75) is 57.3 Å². The van der Waals surface area contributed by atoms with E-state index in [1.54, 1.807) is 0 Å². The topological polar surface area (TPSA) is 71.1 Å². The smallest absolute Gasteiger partial charge is 0.315 e. The van der Waals surface area contributed by atoms with Gasteiger partial charge in [0.05, 0.1) is 5.69 Å². The first-order valence-corrected chi connectivity index (χ1v) is 10.0. The standard InChI is InChI=1S/C18H25N3O2S/c1-2-3-19-15(22)16(23)21-17-20-14(10-24-17)18-7-11-4-12(8-18)6-13(5-11)9-18/h10-13H,2-9H2,1H3,(H,19,22)(H,20,21,23). The third kappa shape index (κ3) is 2.85. The van der Waals surface area contributed by atoms with Crippen LogP contribution in [0, 0.1) is 17.8 Å².